The van der Waals surface area contributed by atoms with Crippen LogP contribution in [0.1, 0.15) is 33.1 Å². The standard InChI is InChI=1S/C12H21NO/c1-3-13-8-4-6-11(2)12-7-5-9-14-10-12/h6,10,13H,3-5,7-9H2,1-2H3/b11-6-. The molecular weight excluding hydrogens is 174 g/mol. The Labute approximate surface area is 87.0 Å². The summed E-state index contributed by atoms with van der Waals surface area (Å²) in [6, 6.07) is 0. The van der Waals surface area contributed by atoms with E-state index in [1.54, 1.807) is 0 Å². The number of allylic oxidation sites excluding steroid dienone is 2. The fourth-order valence-corrected chi connectivity index (χ4v) is 1.55. The van der Waals surface area contributed by atoms with Gasteiger partial charge in [-0.25, -0.2) is 0 Å². The number of hydrogen-bond acceptors (Lipinski definition) is 2. The molecule has 0 aromatic carbocycles. The minimum Gasteiger partial charge on any atom is -0.501 e. The highest BCUT2D eigenvalue weighted by molar-refractivity contribution is 5.28. The van der Waals surface area contributed by atoms with E-state index in [1.165, 1.54) is 17.6 Å². The van der Waals surface area contributed by atoms with Crippen LogP contribution in [0.2, 0.25) is 0 Å². The molecule has 0 aromatic rings. The van der Waals surface area contributed by atoms with Gasteiger partial charge in [0.05, 0.1) is 12.9 Å². The average Bonchev–Trinajstić information content (AvgIpc) is 2.25. The van der Waals surface area contributed by atoms with E-state index in [0.717, 1.165) is 32.5 Å². The molecule has 0 bridgehead atoms. The summed E-state index contributed by atoms with van der Waals surface area (Å²) in [7, 11) is 0. The summed E-state index contributed by atoms with van der Waals surface area (Å²) in [5.74, 6) is 0. The van der Waals surface area contributed by atoms with Crippen LogP contribution in [-0.2, 0) is 4.74 Å². The van der Waals surface area contributed by atoms with Gasteiger partial charge in [-0.3, -0.25) is 0 Å². The number of hydrogen-bond donors (Lipinski definition) is 1. The van der Waals surface area contributed by atoms with Gasteiger partial charge in [0.1, 0.15) is 0 Å². The van der Waals surface area contributed by atoms with Gasteiger partial charge in [-0.1, -0.05) is 13.0 Å². The van der Waals surface area contributed by atoms with E-state index in [1.807, 2.05) is 6.26 Å². The maximum absolute atomic E-state index is 5.31. The lowest BCUT2D eigenvalue weighted by Crippen LogP contribution is -2.13. The molecule has 0 aromatic heterocycles. The number of nitrogens with one attached hydrogen (secondary N) is 1. The predicted octanol–water partition coefficient (Wildman–Crippen LogP) is 2.63. The molecule has 0 radical (unpaired) electrons. The highest BCUT2D eigenvalue weighted by Crippen LogP contribution is 2.19. The quantitative estimate of drug-likeness (QED) is 0.681. The second-order valence-electron chi connectivity index (χ2n) is 3.65. The molecule has 1 rings (SSSR count). The molecule has 2 nitrogen and oxygen atoms in total. The molecule has 0 aliphatic carbocycles. The second-order valence-corrected chi connectivity index (χ2v) is 3.65. The van der Waals surface area contributed by atoms with E-state index in [9.17, 15) is 0 Å². The van der Waals surface area contributed by atoms with Gasteiger partial charge in [-0.05, 0) is 50.4 Å². The van der Waals surface area contributed by atoms with Gasteiger partial charge in [0.2, 0.25) is 0 Å². The summed E-state index contributed by atoms with van der Waals surface area (Å²) in [5.41, 5.74) is 2.75. The van der Waals surface area contributed by atoms with Crippen LogP contribution in [0, 0.1) is 0 Å². The van der Waals surface area contributed by atoms with Crippen LogP contribution < -0.4 is 5.32 Å². The maximum Gasteiger partial charge on any atom is 0.0876 e. The highest BCUT2D eigenvalue weighted by Gasteiger charge is 2.05. The SMILES string of the molecule is CCNCC/C=C(/C)C1=COCCC1. The van der Waals surface area contributed by atoms with Crippen LogP contribution in [0.3, 0.4) is 0 Å². The van der Waals surface area contributed by atoms with Gasteiger partial charge in [-0.15, -0.1) is 0 Å². The third-order valence-electron chi connectivity index (χ3n) is 2.46. The molecule has 1 aliphatic heterocycles. The normalized spacial score (nSPS) is 17.6. The molecule has 0 atom stereocenters. The third-order valence-corrected chi connectivity index (χ3v) is 2.46. The van der Waals surface area contributed by atoms with E-state index >= 15 is 0 Å². The van der Waals surface area contributed by atoms with Crippen LogP contribution in [0.25, 0.3) is 0 Å². The molecule has 0 amide bonds. The van der Waals surface area contributed by atoms with Crippen molar-refractivity contribution in [3.8, 4) is 0 Å². The molecule has 2 heteroatoms. The number of rotatable bonds is 5. The predicted molar refractivity (Wildman–Crippen MR) is 60.2 cm³/mol. The maximum atomic E-state index is 5.31. The molecule has 0 saturated carbocycles. The van der Waals surface area contributed by atoms with E-state index in [2.05, 4.69) is 25.2 Å². The zero-order valence-electron chi connectivity index (χ0n) is 9.31. The first-order valence-electron chi connectivity index (χ1n) is 5.53. The van der Waals surface area contributed by atoms with Crippen molar-refractivity contribution < 1.29 is 4.74 Å². The van der Waals surface area contributed by atoms with Crippen molar-refractivity contribution in [1.29, 1.82) is 0 Å². The van der Waals surface area contributed by atoms with Crippen LogP contribution >= 0.6 is 0 Å². The van der Waals surface area contributed by atoms with Crippen molar-refractivity contribution >= 4 is 0 Å². The minimum absolute atomic E-state index is 0.883. The lowest BCUT2D eigenvalue weighted by Gasteiger charge is -2.14. The Kier molecular flexibility index (Phi) is 5.38. The van der Waals surface area contributed by atoms with Gasteiger partial charge in [-0.2, -0.15) is 0 Å². The fraction of sp³-hybridized carbons (Fsp3) is 0.667. The summed E-state index contributed by atoms with van der Waals surface area (Å²) in [4.78, 5) is 0. The first kappa shape index (κ1) is 11.3. The molecule has 80 valence electrons. The molecule has 0 saturated heterocycles. The van der Waals surface area contributed by atoms with Gasteiger partial charge in [0.15, 0.2) is 0 Å². The van der Waals surface area contributed by atoms with E-state index in [4.69, 9.17) is 4.74 Å². The Morgan fingerprint density at radius 2 is 2.50 bits per heavy atom. The summed E-state index contributed by atoms with van der Waals surface area (Å²) < 4.78 is 5.31. The molecule has 0 unspecified atom stereocenters. The first-order chi connectivity index (χ1) is 6.84. The average molecular weight is 195 g/mol. The summed E-state index contributed by atoms with van der Waals surface area (Å²) in [6.07, 6.45) is 7.65. The fourth-order valence-electron chi connectivity index (χ4n) is 1.55. The molecule has 1 N–H and O–H groups in total. The monoisotopic (exact) mass is 195 g/mol. The zero-order chi connectivity index (χ0) is 10.2. The van der Waals surface area contributed by atoms with E-state index < -0.39 is 0 Å². The van der Waals surface area contributed by atoms with Crippen LogP contribution in [0.15, 0.2) is 23.5 Å². The van der Waals surface area contributed by atoms with Crippen LogP contribution in [0.5, 0.6) is 0 Å². The van der Waals surface area contributed by atoms with Crippen molar-refractivity contribution in [3.63, 3.8) is 0 Å². The van der Waals surface area contributed by atoms with Gasteiger partial charge in [0, 0.05) is 0 Å². The zero-order valence-corrected chi connectivity index (χ0v) is 9.31. The molecule has 0 spiro atoms. The van der Waals surface area contributed by atoms with Gasteiger partial charge < -0.3 is 10.1 Å². The van der Waals surface area contributed by atoms with Crippen LogP contribution in [-0.4, -0.2) is 19.7 Å². The van der Waals surface area contributed by atoms with Crippen molar-refractivity contribution in [2.45, 2.75) is 33.1 Å². The van der Waals surface area contributed by atoms with Crippen molar-refractivity contribution in [2.75, 3.05) is 19.7 Å². The molecule has 0 fully saturated rings. The smallest absolute Gasteiger partial charge is 0.0876 e. The molecular formula is C12H21NO. The van der Waals surface area contributed by atoms with Crippen LogP contribution in [0.4, 0.5) is 0 Å². The van der Waals surface area contributed by atoms with Gasteiger partial charge >= 0.3 is 0 Å². The largest absolute Gasteiger partial charge is 0.501 e. The first-order valence-corrected chi connectivity index (χ1v) is 5.53. The van der Waals surface area contributed by atoms with Crippen molar-refractivity contribution in [2.24, 2.45) is 0 Å². The highest BCUT2D eigenvalue weighted by atomic mass is 16.5. The Hall–Kier alpha value is -0.760. The molecule has 1 aliphatic rings. The summed E-state index contributed by atoms with van der Waals surface area (Å²) in [5, 5.41) is 3.31. The van der Waals surface area contributed by atoms with E-state index in [-0.39, 0.29) is 0 Å². The van der Waals surface area contributed by atoms with E-state index in [0.29, 0.717) is 0 Å². The number of ether oxygens (including phenoxy) is 1. The Balaban J connectivity index is 2.31. The van der Waals surface area contributed by atoms with Crippen molar-refractivity contribution in [3.05, 3.63) is 23.5 Å². The lowest BCUT2D eigenvalue weighted by molar-refractivity contribution is 0.226. The Morgan fingerprint density at radius 1 is 1.64 bits per heavy atom. The summed E-state index contributed by atoms with van der Waals surface area (Å²) in [6.45, 7) is 7.31. The Morgan fingerprint density at radius 3 is 3.14 bits per heavy atom. The lowest BCUT2D eigenvalue weighted by atomic mass is 10.0. The molecule has 14 heavy (non-hydrogen) atoms. The van der Waals surface area contributed by atoms with Gasteiger partial charge in [0.25, 0.3) is 0 Å². The summed E-state index contributed by atoms with van der Waals surface area (Å²) >= 11 is 0. The van der Waals surface area contributed by atoms with Crippen molar-refractivity contribution in [1.82, 2.24) is 5.32 Å². The second kappa shape index (κ2) is 6.66. The minimum atomic E-state index is 0.883. The molecule has 1 heterocycles. The topological polar surface area (TPSA) is 21.3 Å². The Bertz CT molecular complexity index is 218. The third kappa shape index (κ3) is 3.97.